The largest absolute Gasteiger partial charge is 0.444 e. The number of unbranched alkanes of at least 4 members (excludes halogenated alkanes) is 1. The maximum Gasteiger partial charge on any atom is 0.407 e. The van der Waals surface area contributed by atoms with Crippen LogP contribution in [0.2, 0.25) is 0 Å². The fourth-order valence-corrected chi connectivity index (χ4v) is 1.14. The van der Waals surface area contributed by atoms with Crippen LogP contribution in [0.3, 0.4) is 0 Å². The van der Waals surface area contributed by atoms with Crippen LogP contribution < -0.4 is 10.6 Å². The van der Waals surface area contributed by atoms with E-state index < -0.39 is 5.60 Å². The van der Waals surface area contributed by atoms with E-state index in [4.69, 9.17) is 10.00 Å². The number of hydrogen-bond donors (Lipinski definition) is 2. The van der Waals surface area contributed by atoms with Gasteiger partial charge in [0.1, 0.15) is 5.60 Å². The van der Waals surface area contributed by atoms with E-state index in [0.29, 0.717) is 13.0 Å². The van der Waals surface area contributed by atoms with Gasteiger partial charge in [-0.05, 0) is 46.7 Å². The fraction of sp³-hybridized carbons (Fsp3) is 0.833. The zero-order valence-corrected chi connectivity index (χ0v) is 11.0. The minimum Gasteiger partial charge on any atom is -0.444 e. The molecule has 0 rings (SSSR count). The van der Waals surface area contributed by atoms with Crippen molar-refractivity contribution in [3.63, 3.8) is 0 Å². The van der Waals surface area contributed by atoms with Crippen LogP contribution in [-0.2, 0) is 4.74 Å². The molecule has 0 unspecified atom stereocenters. The van der Waals surface area contributed by atoms with Gasteiger partial charge in [-0.3, -0.25) is 0 Å². The molecule has 0 aromatic rings. The highest BCUT2D eigenvalue weighted by Gasteiger charge is 2.15. The molecule has 0 aromatic heterocycles. The average Bonchev–Trinajstić information content (AvgIpc) is 2.19. The van der Waals surface area contributed by atoms with E-state index in [9.17, 15) is 4.79 Å². The molecule has 2 N–H and O–H groups in total. The van der Waals surface area contributed by atoms with Gasteiger partial charge in [-0.1, -0.05) is 0 Å². The van der Waals surface area contributed by atoms with Crippen LogP contribution in [0.5, 0.6) is 0 Å². The Labute approximate surface area is 104 Å². The Morgan fingerprint density at radius 3 is 2.47 bits per heavy atom. The van der Waals surface area contributed by atoms with Gasteiger partial charge in [-0.2, -0.15) is 5.26 Å². The molecule has 0 atom stereocenters. The van der Waals surface area contributed by atoms with Gasteiger partial charge in [-0.15, -0.1) is 0 Å². The molecule has 0 bridgehead atoms. The van der Waals surface area contributed by atoms with Crippen LogP contribution in [0.25, 0.3) is 0 Å². The summed E-state index contributed by atoms with van der Waals surface area (Å²) in [7, 11) is 0. The molecule has 0 aliphatic carbocycles. The van der Waals surface area contributed by atoms with Crippen molar-refractivity contribution in [1.82, 2.24) is 10.6 Å². The van der Waals surface area contributed by atoms with E-state index in [1.54, 1.807) is 0 Å². The molecule has 0 saturated heterocycles. The standard InChI is InChI=1S/C12H23N3O2/c1-12(2,3)17-11(16)15-10-6-9-14-8-5-4-7-13/h14H,4-6,8-10H2,1-3H3,(H,15,16). The second kappa shape index (κ2) is 8.82. The first kappa shape index (κ1) is 15.7. The zero-order chi connectivity index (χ0) is 13.1. The Kier molecular flexibility index (Phi) is 8.16. The van der Waals surface area contributed by atoms with Crippen molar-refractivity contribution in [3.05, 3.63) is 0 Å². The van der Waals surface area contributed by atoms with Crippen molar-refractivity contribution in [2.24, 2.45) is 0 Å². The number of nitrogens with zero attached hydrogens (tertiary/aromatic N) is 1. The Balaban J connectivity index is 3.29. The summed E-state index contributed by atoms with van der Waals surface area (Å²) >= 11 is 0. The number of nitriles is 1. The Bertz CT molecular complexity index is 253. The molecular weight excluding hydrogens is 218 g/mol. The molecule has 0 saturated carbocycles. The van der Waals surface area contributed by atoms with Gasteiger partial charge in [0.2, 0.25) is 0 Å². The number of rotatable bonds is 7. The smallest absolute Gasteiger partial charge is 0.407 e. The van der Waals surface area contributed by atoms with Gasteiger partial charge in [0.25, 0.3) is 0 Å². The van der Waals surface area contributed by atoms with Gasteiger partial charge >= 0.3 is 6.09 Å². The molecule has 98 valence electrons. The normalized spacial score (nSPS) is 10.7. The van der Waals surface area contributed by atoms with Gasteiger partial charge in [0, 0.05) is 13.0 Å². The van der Waals surface area contributed by atoms with Gasteiger partial charge in [0.15, 0.2) is 0 Å². The Morgan fingerprint density at radius 2 is 1.88 bits per heavy atom. The molecule has 0 aromatic carbocycles. The fourth-order valence-electron chi connectivity index (χ4n) is 1.14. The third-order valence-corrected chi connectivity index (χ3v) is 1.84. The molecule has 0 spiro atoms. The van der Waals surface area contributed by atoms with Crippen LogP contribution in [0.15, 0.2) is 0 Å². The van der Waals surface area contributed by atoms with Crippen LogP contribution >= 0.6 is 0 Å². The summed E-state index contributed by atoms with van der Waals surface area (Å²) in [4.78, 5) is 11.2. The molecule has 0 heterocycles. The lowest BCUT2D eigenvalue weighted by Gasteiger charge is -2.19. The minimum absolute atomic E-state index is 0.373. The number of amides is 1. The molecular formula is C12H23N3O2. The molecule has 5 nitrogen and oxygen atoms in total. The highest BCUT2D eigenvalue weighted by atomic mass is 16.6. The third-order valence-electron chi connectivity index (χ3n) is 1.84. The van der Waals surface area contributed by atoms with Crippen molar-refractivity contribution >= 4 is 6.09 Å². The second-order valence-electron chi connectivity index (χ2n) is 4.79. The summed E-state index contributed by atoms with van der Waals surface area (Å²) in [6.07, 6.45) is 1.94. The van der Waals surface area contributed by atoms with Crippen LogP contribution in [0, 0.1) is 11.3 Å². The zero-order valence-electron chi connectivity index (χ0n) is 11.0. The van der Waals surface area contributed by atoms with Crippen LogP contribution in [0.1, 0.15) is 40.0 Å². The summed E-state index contributed by atoms with van der Waals surface area (Å²) in [6, 6.07) is 2.09. The summed E-state index contributed by atoms with van der Waals surface area (Å²) < 4.78 is 5.09. The number of hydrogen-bond acceptors (Lipinski definition) is 4. The monoisotopic (exact) mass is 241 g/mol. The quantitative estimate of drug-likeness (QED) is 0.666. The summed E-state index contributed by atoms with van der Waals surface area (Å²) in [5.74, 6) is 0. The van der Waals surface area contributed by atoms with E-state index in [2.05, 4.69) is 16.7 Å². The molecule has 1 amide bonds. The molecule has 0 fully saturated rings. The second-order valence-corrected chi connectivity index (χ2v) is 4.79. The van der Waals surface area contributed by atoms with Crippen molar-refractivity contribution in [1.29, 1.82) is 5.26 Å². The molecule has 0 aliphatic rings. The number of nitrogens with one attached hydrogen (secondary N) is 2. The lowest BCUT2D eigenvalue weighted by molar-refractivity contribution is 0.0527. The molecule has 0 radical (unpaired) electrons. The first-order valence-corrected chi connectivity index (χ1v) is 6.00. The number of carbonyl (C=O) groups is 1. The minimum atomic E-state index is -0.445. The van der Waals surface area contributed by atoms with Gasteiger partial charge < -0.3 is 15.4 Å². The number of carbonyl (C=O) groups excluding carboxylic acids is 1. The van der Waals surface area contributed by atoms with E-state index in [1.807, 2.05) is 20.8 Å². The van der Waals surface area contributed by atoms with E-state index in [1.165, 1.54) is 0 Å². The predicted molar refractivity (Wildman–Crippen MR) is 66.6 cm³/mol. The van der Waals surface area contributed by atoms with E-state index in [0.717, 1.165) is 25.9 Å². The SMILES string of the molecule is CC(C)(C)OC(=O)NCCCNCCCC#N. The predicted octanol–water partition coefficient (Wildman–Crippen LogP) is 1.79. The average molecular weight is 241 g/mol. The van der Waals surface area contributed by atoms with Crippen molar-refractivity contribution in [2.75, 3.05) is 19.6 Å². The summed E-state index contributed by atoms with van der Waals surface area (Å²) in [5, 5.41) is 14.2. The Hall–Kier alpha value is -1.28. The summed E-state index contributed by atoms with van der Waals surface area (Å²) in [5.41, 5.74) is -0.445. The number of ether oxygens (including phenoxy) is 1. The number of alkyl carbamates (subject to hydrolysis) is 1. The highest BCUT2D eigenvalue weighted by molar-refractivity contribution is 5.67. The van der Waals surface area contributed by atoms with Crippen molar-refractivity contribution in [3.8, 4) is 6.07 Å². The molecule has 5 heteroatoms. The topological polar surface area (TPSA) is 74.2 Å². The third kappa shape index (κ3) is 12.7. The molecule has 0 aliphatic heterocycles. The Morgan fingerprint density at radius 1 is 1.24 bits per heavy atom. The van der Waals surface area contributed by atoms with Crippen molar-refractivity contribution in [2.45, 2.75) is 45.6 Å². The van der Waals surface area contributed by atoms with Crippen LogP contribution in [0.4, 0.5) is 4.79 Å². The maximum absolute atomic E-state index is 11.2. The summed E-state index contributed by atoms with van der Waals surface area (Å²) in [6.45, 7) is 7.79. The lowest BCUT2D eigenvalue weighted by Crippen LogP contribution is -2.34. The lowest BCUT2D eigenvalue weighted by atomic mass is 10.2. The first-order valence-electron chi connectivity index (χ1n) is 6.00. The van der Waals surface area contributed by atoms with Crippen molar-refractivity contribution < 1.29 is 9.53 Å². The van der Waals surface area contributed by atoms with Gasteiger partial charge in [0.05, 0.1) is 6.07 Å². The highest BCUT2D eigenvalue weighted by Crippen LogP contribution is 2.06. The maximum atomic E-state index is 11.2. The van der Waals surface area contributed by atoms with E-state index in [-0.39, 0.29) is 6.09 Å². The molecule has 17 heavy (non-hydrogen) atoms. The first-order chi connectivity index (χ1) is 7.95. The van der Waals surface area contributed by atoms with Gasteiger partial charge in [-0.25, -0.2) is 4.79 Å². The van der Waals surface area contributed by atoms with E-state index >= 15 is 0 Å². The van der Waals surface area contributed by atoms with Crippen LogP contribution in [-0.4, -0.2) is 31.3 Å².